The Morgan fingerprint density at radius 1 is 1.30 bits per heavy atom. The fourth-order valence-electron chi connectivity index (χ4n) is 4.32. The summed E-state index contributed by atoms with van der Waals surface area (Å²) >= 11 is 6.14. The van der Waals surface area contributed by atoms with Gasteiger partial charge in [0.2, 0.25) is 0 Å². The van der Waals surface area contributed by atoms with Gasteiger partial charge in [-0.1, -0.05) is 36.4 Å². The van der Waals surface area contributed by atoms with Gasteiger partial charge in [-0.2, -0.15) is 12.6 Å². The van der Waals surface area contributed by atoms with Gasteiger partial charge in [0.1, 0.15) is 4.88 Å². The van der Waals surface area contributed by atoms with Gasteiger partial charge < -0.3 is 10.2 Å². The Hall–Kier alpha value is -1.89. The molecule has 3 atom stereocenters. The maximum Gasteiger partial charge on any atom is 0.266 e. The molecule has 4 nitrogen and oxygen atoms in total. The molecule has 1 amide bonds. The lowest BCUT2D eigenvalue weighted by molar-refractivity contribution is 0.0640. The molecule has 0 spiro atoms. The third-order valence-electron chi connectivity index (χ3n) is 5.79. The van der Waals surface area contributed by atoms with Gasteiger partial charge in [-0.05, 0) is 41.3 Å². The van der Waals surface area contributed by atoms with E-state index in [-0.39, 0.29) is 23.2 Å². The van der Waals surface area contributed by atoms with Crippen molar-refractivity contribution in [2.75, 3.05) is 13.1 Å². The smallest absolute Gasteiger partial charge is 0.266 e. The SMILES string of the molecule is O=C(c1cncs1)N(C[C@H]1NCC[C@H]1S)C1Cc2ccc3ccccc3c21. The predicted octanol–water partition coefficient (Wildman–Crippen LogP) is 3.70. The number of hydrogen-bond donors (Lipinski definition) is 2. The largest absolute Gasteiger partial charge is 0.329 e. The Bertz CT molecular complexity index is 988. The van der Waals surface area contributed by atoms with E-state index in [2.05, 4.69) is 51.6 Å². The molecule has 1 aliphatic heterocycles. The van der Waals surface area contributed by atoms with E-state index >= 15 is 0 Å². The molecule has 1 aliphatic carbocycles. The molecule has 1 saturated heterocycles. The van der Waals surface area contributed by atoms with Gasteiger partial charge in [0, 0.05) is 17.8 Å². The van der Waals surface area contributed by atoms with Crippen LogP contribution in [-0.4, -0.2) is 40.2 Å². The van der Waals surface area contributed by atoms with Crippen molar-refractivity contribution in [1.29, 1.82) is 0 Å². The maximum atomic E-state index is 13.3. The highest BCUT2D eigenvalue weighted by Gasteiger charge is 2.39. The van der Waals surface area contributed by atoms with Gasteiger partial charge in [0.25, 0.3) is 5.91 Å². The van der Waals surface area contributed by atoms with Crippen molar-refractivity contribution in [3.63, 3.8) is 0 Å². The molecule has 2 aliphatic rings. The number of amides is 1. The molecule has 0 bridgehead atoms. The van der Waals surface area contributed by atoms with Crippen LogP contribution in [0.25, 0.3) is 10.8 Å². The first-order valence-electron chi connectivity index (χ1n) is 9.34. The van der Waals surface area contributed by atoms with Gasteiger partial charge in [0.05, 0.1) is 17.7 Å². The summed E-state index contributed by atoms with van der Waals surface area (Å²) in [6, 6.07) is 13.2. The Morgan fingerprint density at radius 3 is 2.96 bits per heavy atom. The molecule has 0 saturated carbocycles. The molecule has 2 heterocycles. The summed E-state index contributed by atoms with van der Waals surface area (Å²) in [4.78, 5) is 20.2. The highest BCUT2D eigenvalue weighted by atomic mass is 32.1. The van der Waals surface area contributed by atoms with Gasteiger partial charge in [-0.25, -0.2) is 0 Å². The normalized spacial score (nSPS) is 23.8. The quantitative estimate of drug-likeness (QED) is 0.662. The Morgan fingerprint density at radius 2 is 2.19 bits per heavy atom. The zero-order valence-electron chi connectivity index (χ0n) is 14.8. The summed E-state index contributed by atoms with van der Waals surface area (Å²) in [5.74, 6) is 0.0790. The number of rotatable bonds is 4. The number of nitrogens with one attached hydrogen (secondary N) is 1. The van der Waals surface area contributed by atoms with E-state index in [4.69, 9.17) is 12.6 Å². The first kappa shape index (κ1) is 17.2. The molecule has 5 rings (SSSR count). The number of nitrogens with zero attached hydrogens (tertiary/aromatic N) is 2. The standard InChI is InChI=1S/C21H21N3OS2/c25-21(19-10-22-12-27-19)24(11-16-18(26)7-8-23-16)17-9-14-6-5-13-3-1-2-4-15(13)20(14)17/h1-6,10,12,16-18,23,26H,7-9,11H2/t16-,17?,18-/m1/s1. The Kier molecular flexibility index (Phi) is 4.42. The zero-order chi connectivity index (χ0) is 18.4. The summed E-state index contributed by atoms with van der Waals surface area (Å²) < 4.78 is 0. The number of aromatic nitrogens is 1. The number of carbonyl (C=O) groups is 1. The number of hydrogen-bond acceptors (Lipinski definition) is 5. The Labute approximate surface area is 168 Å². The lowest BCUT2D eigenvalue weighted by atomic mass is 9.78. The summed E-state index contributed by atoms with van der Waals surface area (Å²) in [6.07, 6.45) is 3.64. The van der Waals surface area contributed by atoms with Crippen LogP contribution in [0.1, 0.15) is 33.3 Å². The van der Waals surface area contributed by atoms with Gasteiger partial charge >= 0.3 is 0 Å². The summed E-state index contributed by atoms with van der Waals surface area (Å²) in [5, 5.41) is 6.30. The van der Waals surface area contributed by atoms with Gasteiger partial charge in [-0.15, -0.1) is 11.3 Å². The van der Waals surface area contributed by atoms with Crippen LogP contribution in [-0.2, 0) is 6.42 Å². The third-order valence-corrected chi connectivity index (χ3v) is 7.17. The van der Waals surface area contributed by atoms with E-state index in [1.165, 1.54) is 33.2 Å². The van der Waals surface area contributed by atoms with E-state index in [9.17, 15) is 4.79 Å². The molecule has 3 aromatic rings. The zero-order valence-corrected chi connectivity index (χ0v) is 16.5. The second-order valence-electron chi connectivity index (χ2n) is 7.32. The van der Waals surface area contributed by atoms with E-state index in [0.29, 0.717) is 11.4 Å². The minimum atomic E-state index is 0.0790. The lowest BCUT2D eigenvalue weighted by Crippen LogP contribution is -2.48. The van der Waals surface area contributed by atoms with Crippen LogP contribution in [0.15, 0.2) is 48.1 Å². The monoisotopic (exact) mass is 395 g/mol. The van der Waals surface area contributed by atoms with Crippen LogP contribution < -0.4 is 5.32 Å². The van der Waals surface area contributed by atoms with E-state index in [1.54, 1.807) is 11.7 Å². The highest BCUT2D eigenvalue weighted by Crippen LogP contribution is 2.43. The van der Waals surface area contributed by atoms with E-state index in [1.807, 2.05) is 0 Å². The molecule has 138 valence electrons. The molecule has 27 heavy (non-hydrogen) atoms. The molecular formula is C21H21N3OS2. The van der Waals surface area contributed by atoms with Crippen LogP contribution in [0, 0.1) is 0 Å². The van der Waals surface area contributed by atoms with Gasteiger partial charge in [0.15, 0.2) is 0 Å². The van der Waals surface area contributed by atoms with Crippen molar-refractivity contribution in [3.05, 3.63) is 64.1 Å². The number of benzene rings is 2. The minimum absolute atomic E-state index is 0.0790. The maximum absolute atomic E-state index is 13.3. The fraction of sp³-hybridized carbons (Fsp3) is 0.333. The predicted molar refractivity (Wildman–Crippen MR) is 113 cm³/mol. The molecular weight excluding hydrogens is 374 g/mol. The summed E-state index contributed by atoms with van der Waals surface area (Å²) in [6.45, 7) is 1.64. The number of fused-ring (bicyclic) bond motifs is 3. The molecule has 6 heteroatoms. The molecule has 1 fully saturated rings. The number of thiol groups is 1. The number of carbonyl (C=O) groups excluding carboxylic acids is 1. The van der Waals surface area contributed by atoms with Crippen molar-refractivity contribution < 1.29 is 4.79 Å². The average Bonchev–Trinajstić information content (AvgIpc) is 3.32. The van der Waals surface area contributed by atoms with E-state index < -0.39 is 0 Å². The van der Waals surface area contributed by atoms with Crippen LogP contribution in [0.2, 0.25) is 0 Å². The summed E-state index contributed by atoms with van der Waals surface area (Å²) in [7, 11) is 0. The second kappa shape index (κ2) is 6.93. The van der Waals surface area contributed by atoms with E-state index in [0.717, 1.165) is 19.4 Å². The number of thiazole rings is 1. The first-order chi connectivity index (χ1) is 13.2. The molecule has 1 aromatic heterocycles. The van der Waals surface area contributed by atoms with Crippen LogP contribution in [0.5, 0.6) is 0 Å². The minimum Gasteiger partial charge on any atom is -0.329 e. The van der Waals surface area contributed by atoms with Crippen molar-refractivity contribution in [2.45, 2.75) is 30.2 Å². The molecule has 1 unspecified atom stereocenters. The fourth-order valence-corrected chi connectivity index (χ4v) is 5.23. The van der Waals surface area contributed by atoms with Crippen molar-refractivity contribution in [3.8, 4) is 0 Å². The summed E-state index contributed by atoms with van der Waals surface area (Å²) in [5.41, 5.74) is 4.38. The van der Waals surface area contributed by atoms with Crippen molar-refractivity contribution in [1.82, 2.24) is 15.2 Å². The first-order valence-corrected chi connectivity index (χ1v) is 10.7. The van der Waals surface area contributed by atoms with Crippen molar-refractivity contribution in [2.24, 2.45) is 0 Å². The topological polar surface area (TPSA) is 45.2 Å². The third kappa shape index (κ3) is 2.96. The van der Waals surface area contributed by atoms with Crippen LogP contribution in [0.4, 0.5) is 0 Å². The average molecular weight is 396 g/mol. The van der Waals surface area contributed by atoms with Crippen LogP contribution in [0.3, 0.4) is 0 Å². The molecule has 0 radical (unpaired) electrons. The van der Waals surface area contributed by atoms with Crippen LogP contribution >= 0.6 is 24.0 Å². The second-order valence-corrected chi connectivity index (χ2v) is 8.87. The lowest BCUT2D eigenvalue weighted by Gasteiger charge is -2.42. The highest BCUT2D eigenvalue weighted by molar-refractivity contribution is 7.81. The molecule has 2 aromatic carbocycles. The van der Waals surface area contributed by atoms with Gasteiger partial charge in [-0.3, -0.25) is 9.78 Å². The van der Waals surface area contributed by atoms with Crippen molar-refractivity contribution >= 4 is 40.6 Å². The molecule has 1 N–H and O–H groups in total. The Balaban J connectivity index is 1.53.